The molecule has 7 nitrogen and oxygen atoms in total. The van der Waals surface area contributed by atoms with E-state index in [1.54, 1.807) is 10.9 Å². The lowest BCUT2D eigenvalue weighted by molar-refractivity contribution is -0.133. The molecule has 1 unspecified atom stereocenters. The summed E-state index contributed by atoms with van der Waals surface area (Å²) in [6, 6.07) is -0.0903. The van der Waals surface area contributed by atoms with Crippen molar-refractivity contribution in [1.82, 2.24) is 24.8 Å². The first-order chi connectivity index (χ1) is 9.60. The van der Waals surface area contributed by atoms with E-state index in [1.165, 1.54) is 0 Å². The number of piperazine rings is 1. The lowest BCUT2D eigenvalue weighted by atomic mass is 10.1. The summed E-state index contributed by atoms with van der Waals surface area (Å²) in [5, 5.41) is 8.05. The molecule has 1 saturated heterocycles. The van der Waals surface area contributed by atoms with Crippen LogP contribution in [0.3, 0.4) is 0 Å². The van der Waals surface area contributed by atoms with Crippen LogP contribution >= 0.6 is 0 Å². The molecule has 0 saturated carbocycles. The zero-order chi connectivity index (χ0) is 14.5. The van der Waals surface area contributed by atoms with E-state index in [4.69, 9.17) is 5.73 Å². The Hall–Kier alpha value is -1.47. The number of carbonyl (C=O) groups excluding carboxylic acids is 1. The molecule has 1 aliphatic rings. The molecular weight excluding hydrogens is 256 g/mol. The van der Waals surface area contributed by atoms with Gasteiger partial charge in [0.25, 0.3) is 0 Å². The predicted molar refractivity (Wildman–Crippen MR) is 75.9 cm³/mol. The van der Waals surface area contributed by atoms with Crippen LogP contribution in [-0.2, 0) is 11.3 Å². The van der Waals surface area contributed by atoms with Gasteiger partial charge in [0.1, 0.15) is 6.54 Å². The molecule has 1 aliphatic heterocycles. The molecule has 1 aromatic rings. The molecular formula is C13H24N6O. The Morgan fingerprint density at radius 3 is 2.75 bits per heavy atom. The van der Waals surface area contributed by atoms with Crippen LogP contribution in [0.25, 0.3) is 0 Å². The quantitative estimate of drug-likeness (QED) is 0.811. The molecule has 7 heteroatoms. The molecule has 2 heterocycles. The van der Waals surface area contributed by atoms with Crippen LogP contribution in [0, 0.1) is 0 Å². The fraction of sp³-hybridized carbons (Fsp3) is 0.769. The van der Waals surface area contributed by atoms with Crippen LogP contribution < -0.4 is 5.73 Å². The van der Waals surface area contributed by atoms with Gasteiger partial charge >= 0.3 is 0 Å². The fourth-order valence-electron chi connectivity index (χ4n) is 2.31. The number of hydrogen-bond donors (Lipinski definition) is 1. The maximum absolute atomic E-state index is 12.2. The Balaban J connectivity index is 1.88. The average molecular weight is 280 g/mol. The summed E-state index contributed by atoms with van der Waals surface area (Å²) >= 11 is 0. The van der Waals surface area contributed by atoms with Crippen molar-refractivity contribution >= 4 is 5.91 Å². The molecule has 1 amide bonds. The maximum Gasteiger partial charge on any atom is 0.244 e. The van der Waals surface area contributed by atoms with Crippen LogP contribution in [-0.4, -0.2) is 63.9 Å². The van der Waals surface area contributed by atoms with Crippen molar-refractivity contribution in [2.75, 3.05) is 33.2 Å². The number of carbonyl (C=O) groups is 1. The highest BCUT2D eigenvalue weighted by Gasteiger charge is 2.20. The lowest BCUT2D eigenvalue weighted by Crippen LogP contribution is -2.48. The molecule has 2 N–H and O–H groups in total. The number of rotatable bonds is 5. The van der Waals surface area contributed by atoms with Crippen molar-refractivity contribution in [2.45, 2.75) is 32.4 Å². The molecule has 0 bridgehead atoms. The highest BCUT2D eigenvalue weighted by Crippen LogP contribution is 2.12. The minimum Gasteiger partial charge on any atom is -0.339 e. The number of amides is 1. The summed E-state index contributed by atoms with van der Waals surface area (Å²) in [6.07, 6.45) is 3.67. The first-order valence-corrected chi connectivity index (χ1v) is 7.22. The molecule has 0 aliphatic carbocycles. The van der Waals surface area contributed by atoms with E-state index in [0.29, 0.717) is 0 Å². The standard InChI is InChI=1S/C13H24N6O/c1-3-4-11(14)12-9-19(16-15-12)10-13(20)18-7-5-17(2)6-8-18/h9,11H,3-8,10,14H2,1-2H3. The van der Waals surface area contributed by atoms with Crippen molar-refractivity contribution in [1.29, 1.82) is 0 Å². The van der Waals surface area contributed by atoms with Crippen LogP contribution in [0.5, 0.6) is 0 Å². The van der Waals surface area contributed by atoms with Gasteiger partial charge in [-0.05, 0) is 13.5 Å². The van der Waals surface area contributed by atoms with Crippen molar-refractivity contribution in [3.05, 3.63) is 11.9 Å². The topological polar surface area (TPSA) is 80.3 Å². The average Bonchev–Trinajstić information content (AvgIpc) is 2.88. The molecule has 1 atom stereocenters. The van der Waals surface area contributed by atoms with Crippen molar-refractivity contribution < 1.29 is 4.79 Å². The largest absolute Gasteiger partial charge is 0.339 e. The third-order valence-electron chi connectivity index (χ3n) is 3.69. The van der Waals surface area contributed by atoms with Gasteiger partial charge < -0.3 is 15.5 Å². The van der Waals surface area contributed by atoms with Crippen molar-refractivity contribution in [3.8, 4) is 0 Å². The second-order valence-corrected chi connectivity index (χ2v) is 5.42. The number of hydrogen-bond acceptors (Lipinski definition) is 5. The predicted octanol–water partition coefficient (Wildman–Crippen LogP) is -0.148. The van der Waals surface area contributed by atoms with Gasteiger partial charge in [-0.25, -0.2) is 4.68 Å². The van der Waals surface area contributed by atoms with E-state index >= 15 is 0 Å². The van der Waals surface area contributed by atoms with Crippen LogP contribution in [0.4, 0.5) is 0 Å². The van der Waals surface area contributed by atoms with Gasteiger partial charge in [0, 0.05) is 26.2 Å². The molecule has 0 aromatic carbocycles. The van der Waals surface area contributed by atoms with Gasteiger partial charge in [-0.3, -0.25) is 4.79 Å². The summed E-state index contributed by atoms with van der Waals surface area (Å²) in [7, 11) is 2.07. The molecule has 1 aromatic heterocycles. The summed E-state index contributed by atoms with van der Waals surface area (Å²) in [5.41, 5.74) is 6.75. The highest BCUT2D eigenvalue weighted by molar-refractivity contribution is 5.76. The molecule has 2 rings (SSSR count). The monoisotopic (exact) mass is 280 g/mol. The van der Waals surface area contributed by atoms with Gasteiger partial charge in [-0.1, -0.05) is 18.6 Å². The second-order valence-electron chi connectivity index (χ2n) is 5.42. The van der Waals surface area contributed by atoms with E-state index < -0.39 is 0 Å². The third-order valence-corrected chi connectivity index (χ3v) is 3.69. The Morgan fingerprint density at radius 1 is 1.40 bits per heavy atom. The van der Waals surface area contributed by atoms with Crippen LogP contribution in [0.2, 0.25) is 0 Å². The Kier molecular flexibility index (Phi) is 5.08. The Morgan fingerprint density at radius 2 is 2.10 bits per heavy atom. The van der Waals surface area contributed by atoms with Gasteiger partial charge in [0.05, 0.1) is 17.9 Å². The van der Waals surface area contributed by atoms with Gasteiger partial charge in [-0.15, -0.1) is 5.10 Å². The molecule has 20 heavy (non-hydrogen) atoms. The highest BCUT2D eigenvalue weighted by atomic mass is 16.2. The van der Waals surface area contributed by atoms with Crippen LogP contribution in [0.15, 0.2) is 6.20 Å². The number of nitrogens with zero attached hydrogens (tertiary/aromatic N) is 5. The Bertz CT molecular complexity index is 438. The van der Waals surface area contributed by atoms with Crippen LogP contribution in [0.1, 0.15) is 31.5 Å². The van der Waals surface area contributed by atoms with E-state index in [1.807, 2.05) is 4.90 Å². The van der Waals surface area contributed by atoms with Crippen molar-refractivity contribution in [2.24, 2.45) is 5.73 Å². The first kappa shape index (κ1) is 14.9. The maximum atomic E-state index is 12.2. The van der Waals surface area contributed by atoms with Gasteiger partial charge in [-0.2, -0.15) is 0 Å². The summed E-state index contributed by atoms with van der Waals surface area (Å²) in [4.78, 5) is 16.3. The zero-order valence-electron chi connectivity index (χ0n) is 12.3. The zero-order valence-corrected chi connectivity index (χ0v) is 12.3. The minimum absolute atomic E-state index is 0.0903. The minimum atomic E-state index is -0.0903. The summed E-state index contributed by atoms with van der Waals surface area (Å²) < 4.78 is 1.59. The number of likely N-dealkylation sites (N-methyl/N-ethyl adjacent to an activating group) is 1. The van der Waals surface area contributed by atoms with Gasteiger partial charge in [0.2, 0.25) is 5.91 Å². The molecule has 0 radical (unpaired) electrons. The number of nitrogens with two attached hydrogens (primary N) is 1. The molecule has 0 spiro atoms. The van der Waals surface area contributed by atoms with E-state index in [-0.39, 0.29) is 18.5 Å². The summed E-state index contributed by atoms with van der Waals surface area (Å²) in [5.74, 6) is 0.0959. The third kappa shape index (κ3) is 3.77. The molecule has 112 valence electrons. The lowest BCUT2D eigenvalue weighted by Gasteiger charge is -2.32. The fourth-order valence-corrected chi connectivity index (χ4v) is 2.31. The Labute approximate surface area is 119 Å². The van der Waals surface area contributed by atoms with Crippen molar-refractivity contribution in [3.63, 3.8) is 0 Å². The second kappa shape index (κ2) is 6.81. The van der Waals surface area contributed by atoms with E-state index in [0.717, 1.165) is 44.7 Å². The first-order valence-electron chi connectivity index (χ1n) is 7.22. The SMILES string of the molecule is CCCC(N)c1cn(CC(=O)N2CCN(C)CC2)nn1. The van der Waals surface area contributed by atoms with E-state index in [2.05, 4.69) is 29.2 Å². The molecule has 1 fully saturated rings. The normalized spacial score (nSPS) is 18.2. The smallest absolute Gasteiger partial charge is 0.244 e. The van der Waals surface area contributed by atoms with E-state index in [9.17, 15) is 4.79 Å². The summed E-state index contributed by atoms with van der Waals surface area (Å²) in [6.45, 7) is 5.75. The van der Waals surface area contributed by atoms with Gasteiger partial charge in [0.15, 0.2) is 0 Å². The number of aromatic nitrogens is 3.